The van der Waals surface area contributed by atoms with Crippen LogP contribution in [0.3, 0.4) is 0 Å². The zero-order valence-corrected chi connectivity index (χ0v) is 9.32. The fourth-order valence-electron chi connectivity index (χ4n) is 0. The van der Waals surface area contributed by atoms with Crippen LogP contribution in [0.5, 0.6) is 0 Å². The molecule has 0 aliphatic carbocycles. The summed E-state index contributed by atoms with van der Waals surface area (Å²) < 4.78 is 34.9. The SMILES string of the molecule is [2H]S([3H])([3H])([3H])([3H])S(=S)B(I)I. The van der Waals surface area contributed by atoms with Crippen LogP contribution in [-0.2, 0) is 19.5 Å². The minimum absolute atomic E-state index is 0.357. The van der Waals surface area contributed by atoms with Crippen LogP contribution in [0.25, 0.3) is 0 Å². The van der Waals surface area contributed by atoms with Gasteiger partial charge in [-0.3, -0.25) is 11.2 Å². The van der Waals surface area contributed by atoms with E-state index in [2.05, 4.69) is 11.2 Å². The molecular formula is H5BI2S3. The van der Waals surface area contributed by atoms with Crippen molar-refractivity contribution in [3.05, 3.63) is 0 Å². The van der Waals surface area contributed by atoms with Crippen LogP contribution in [-0.4, -0.2) is 7.32 Å². The average Bonchev–Trinajstić information content (AvgIpc) is 1.57. The van der Waals surface area contributed by atoms with E-state index in [9.17, 15) is 0 Å². The van der Waals surface area contributed by atoms with Gasteiger partial charge in [-0.2, -0.15) is 0 Å². The first-order valence-corrected chi connectivity index (χ1v) is 6.63. The van der Waals surface area contributed by atoms with Crippen molar-refractivity contribution >= 4 is 77.2 Å². The molecule has 0 spiro atoms. The van der Waals surface area contributed by atoms with Gasteiger partial charge in [-0.1, -0.05) is 11.2 Å². The third-order valence-electron chi connectivity index (χ3n) is 0.145. The number of rotatable bonds is 2. The molecule has 40 valence electrons. The predicted molar refractivity (Wildman–Crippen MR) is 63.1 cm³/mol. The molecule has 6 heavy (non-hydrogen) atoms. The Hall–Kier alpha value is 2.44. The Bertz CT molecular complexity index is 189. The molecule has 0 saturated carbocycles. The molecule has 0 aliphatic rings. The summed E-state index contributed by atoms with van der Waals surface area (Å²) in [4.78, 5) is 0. The summed E-state index contributed by atoms with van der Waals surface area (Å²) in [6.07, 6.45) is 0. The molecule has 0 aliphatic heterocycles. The summed E-state index contributed by atoms with van der Waals surface area (Å²) in [6.45, 7) is 0. The maximum Gasteiger partial charge on any atom is 0.362 e. The highest BCUT2D eigenvalue weighted by Gasteiger charge is 2.00. The lowest BCUT2D eigenvalue weighted by Gasteiger charge is -1.89. The van der Waals surface area contributed by atoms with E-state index in [0.29, 0.717) is 0 Å². The monoisotopic (exact) mass is 375 g/mol. The number of hydrogen-bond acceptors (Lipinski definition) is 1. The molecule has 0 radical (unpaired) electrons. The van der Waals surface area contributed by atoms with Gasteiger partial charge in [0.05, 0.1) is 5.62 Å². The second-order valence-electron chi connectivity index (χ2n) is 0.521. The summed E-state index contributed by atoms with van der Waals surface area (Å²) in [5.74, 6) is 0. The smallest absolute Gasteiger partial charge is 0.284 e. The standard InChI is InChI=1S/BH5I2S3/c2-1(3)6(4)5/h4H5/i4T4D. The lowest BCUT2D eigenvalue weighted by Crippen LogP contribution is -1.90. The predicted octanol–water partition coefficient (Wildman–Crippen LogP) is 0.696. The molecule has 0 nitrogen and oxygen atoms in total. The van der Waals surface area contributed by atoms with Gasteiger partial charge in [-0.15, -0.1) is 53.1 Å². The van der Waals surface area contributed by atoms with E-state index in [4.69, 9.17) is 5.62 Å². The van der Waals surface area contributed by atoms with Crippen molar-refractivity contribution in [3.8, 4) is 0 Å². The van der Waals surface area contributed by atoms with Crippen molar-refractivity contribution in [2.75, 3.05) is 0 Å². The zero-order valence-electron chi connectivity index (χ0n) is 7.56. The van der Waals surface area contributed by atoms with Crippen LogP contribution >= 0.6 is 55.9 Å². The van der Waals surface area contributed by atoms with Crippen molar-refractivity contribution < 1.29 is 0 Å². The first-order valence-electron chi connectivity index (χ1n) is 3.05. The average molecular weight is 375 g/mol. The van der Waals surface area contributed by atoms with Crippen molar-refractivity contribution in [3.63, 3.8) is 0 Å². The van der Waals surface area contributed by atoms with Gasteiger partial charge in [0.15, 0.2) is 0 Å². The Morgan fingerprint density at radius 3 is 2.83 bits per heavy atom. The van der Waals surface area contributed by atoms with E-state index in [1.807, 2.05) is 44.7 Å². The second kappa shape index (κ2) is 4.34. The molecule has 0 aromatic carbocycles. The molecule has 0 fully saturated rings. The summed E-state index contributed by atoms with van der Waals surface area (Å²) in [7, 11) is -1.56. The third-order valence-corrected chi connectivity index (χ3v) is 8.78. The zero-order chi connectivity index (χ0) is 9.56. The molecule has 6 heteroatoms. The van der Waals surface area contributed by atoms with Crippen LogP contribution in [0.4, 0.5) is 0 Å². The molecular weight excluding hydrogens is 361 g/mol. The Morgan fingerprint density at radius 1 is 2.33 bits per heavy atom. The Kier molecular flexibility index (Phi) is 2.18. The Morgan fingerprint density at radius 2 is 2.83 bits per heavy atom. The number of halogens is 2. The summed E-state index contributed by atoms with van der Waals surface area (Å²) >= 11 is 2.69. The number of hydrogen-bond donors (Lipinski definition) is 0. The van der Waals surface area contributed by atoms with E-state index >= 15 is 0 Å². The lowest BCUT2D eigenvalue weighted by molar-refractivity contribution is 4.98. The van der Waals surface area contributed by atoms with Gasteiger partial charge in [-0.05, 0) is 0 Å². The van der Waals surface area contributed by atoms with Crippen LogP contribution in [0.1, 0.15) is 0 Å². The maximum absolute atomic E-state index is 7.06. The third kappa shape index (κ3) is 4.60. The molecule has 1 unspecified atom stereocenters. The highest BCUT2D eigenvalue weighted by atomic mass is 127. The normalized spacial score (nSPS) is 40.7. The van der Waals surface area contributed by atoms with Crippen LogP contribution in [0.15, 0.2) is 0 Å². The largest absolute Gasteiger partial charge is 0.362 e. The molecule has 0 amide bonds. The molecule has 0 rings (SSSR count). The van der Waals surface area contributed by atoms with Gasteiger partial charge >= 0.3 is 1.70 Å². The molecule has 0 aromatic rings. The summed E-state index contributed by atoms with van der Waals surface area (Å²) in [5.41, 5.74) is 0. The van der Waals surface area contributed by atoms with Gasteiger partial charge in [0.1, 0.15) is 0 Å². The van der Waals surface area contributed by atoms with Crippen LogP contribution in [0, 0.1) is 0 Å². The van der Waals surface area contributed by atoms with E-state index in [-0.39, 0.29) is 1.70 Å². The van der Waals surface area contributed by atoms with Crippen molar-refractivity contribution in [2.24, 2.45) is 0 Å². The minimum Gasteiger partial charge on any atom is -0.284 e. The molecule has 0 bridgehead atoms. The van der Waals surface area contributed by atoms with E-state index in [1.54, 1.807) is 0 Å². The highest BCUT2D eigenvalue weighted by Crippen LogP contribution is 2.11. The van der Waals surface area contributed by atoms with Crippen molar-refractivity contribution in [1.29, 1.82) is 5.62 Å². The van der Waals surface area contributed by atoms with Gasteiger partial charge in [0, 0.05) is 0 Å². The Labute approximate surface area is 81.8 Å². The summed E-state index contributed by atoms with van der Waals surface area (Å²) in [6, 6.07) is 0. The topological polar surface area (TPSA) is 0 Å². The van der Waals surface area contributed by atoms with E-state index in [1.165, 1.54) is 0 Å². The van der Waals surface area contributed by atoms with Gasteiger partial charge in [-0.25, -0.2) is 0 Å². The Balaban J connectivity index is 5.04. The fourth-order valence-corrected chi connectivity index (χ4v) is 0. The fraction of sp³-hybridized carbons (Fsp3) is 0. The molecule has 0 N–H and O–H groups in total. The van der Waals surface area contributed by atoms with Crippen LogP contribution in [0.2, 0.25) is 0 Å². The molecule has 0 heterocycles. The first kappa shape index (κ1) is 3.02. The van der Waals surface area contributed by atoms with Gasteiger partial charge < -0.3 is 0 Å². The quantitative estimate of drug-likeness (QED) is 0.389. The van der Waals surface area contributed by atoms with Crippen LogP contribution < -0.4 is 0 Å². The summed E-state index contributed by atoms with van der Waals surface area (Å²) in [5, 5.41) is 0. The highest BCUT2D eigenvalue weighted by molar-refractivity contribution is 14.3. The molecule has 1 atom stereocenters. The van der Waals surface area contributed by atoms with E-state index in [0.717, 1.165) is 0 Å². The maximum atomic E-state index is 7.06. The molecule has 0 saturated heterocycles. The first-order chi connectivity index (χ1) is 4.34. The van der Waals surface area contributed by atoms with Gasteiger partial charge in [0.2, 0.25) is 0 Å². The lowest BCUT2D eigenvalue weighted by atomic mass is 10.7. The van der Waals surface area contributed by atoms with Crippen molar-refractivity contribution in [2.45, 2.75) is 0 Å². The second-order valence-corrected chi connectivity index (χ2v) is 10.9. The minimum atomic E-state index is -5.64. The van der Waals surface area contributed by atoms with E-state index < -0.39 is 19.5 Å². The molecule has 0 aromatic heterocycles. The van der Waals surface area contributed by atoms with Crippen molar-refractivity contribution in [1.82, 2.24) is 0 Å². The van der Waals surface area contributed by atoms with Gasteiger partial charge in [0.25, 0.3) is 0 Å².